The molecule has 0 aromatic carbocycles. The van der Waals surface area contributed by atoms with Crippen molar-refractivity contribution in [1.82, 2.24) is 4.90 Å². The fourth-order valence-electron chi connectivity index (χ4n) is 10.1. The summed E-state index contributed by atoms with van der Waals surface area (Å²) in [6.45, 7) is 7.08. The van der Waals surface area contributed by atoms with Gasteiger partial charge in [0, 0.05) is 36.9 Å². The second kappa shape index (κ2) is 4.87. The van der Waals surface area contributed by atoms with E-state index < -0.39 is 5.60 Å². The molecule has 26 heavy (non-hydrogen) atoms. The number of rotatable bonds is 2. The summed E-state index contributed by atoms with van der Waals surface area (Å²) in [5.41, 5.74) is -0.159. The average molecular weight is 362 g/mol. The fourth-order valence-corrected chi connectivity index (χ4v) is 10.1. The largest absolute Gasteiger partial charge is 0.392 e. The summed E-state index contributed by atoms with van der Waals surface area (Å²) in [6, 6.07) is 0.450. The lowest BCUT2D eigenvalue weighted by molar-refractivity contribution is -0.265. The van der Waals surface area contributed by atoms with Crippen molar-refractivity contribution in [3.05, 3.63) is 0 Å². The number of hydrogen-bond donors (Lipinski definition) is 2. The number of nitrogens with zero attached hydrogens (tertiary/aromatic N) is 1. The predicted octanol–water partition coefficient (Wildman–Crippen LogP) is 2.28. The zero-order valence-corrected chi connectivity index (χ0v) is 16.5. The molecule has 146 valence electrons. The normalized spacial score (nSPS) is 65.4. The van der Waals surface area contributed by atoms with Crippen LogP contribution >= 0.6 is 0 Å². The van der Waals surface area contributed by atoms with Gasteiger partial charge in [0.05, 0.1) is 17.8 Å². The highest BCUT2D eigenvalue weighted by atomic mass is 16.5. The van der Waals surface area contributed by atoms with Crippen LogP contribution in [0.25, 0.3) is 0 Å². The van der Waals surface area contributed by atoms with Crippen LogP contribution in [0.2, 0.25) is 0 Å². The molecule has 0 radical (unpaired) electrons. The van der Waals surface area contributed by atoms with E-state index in [1.165, 1.54) is 13.0 Å². The third-order valence-electron chi connectivity index (χ3n) is 10.6. The molecule has 1 spiro atoms. The molecule has 0 aromatic heterocycles. The van der Waals surface area contributed by atoms with E-state index in [1.54, 1.807) is 0 Å². The predicted molar refractivity (Wildman–Crippen MR) is 98.5 cm³/mol. The maximum Gasteiger partial charge on any atom is 0.0746 e. The quantitative estimate of drug-likeness (QED) is 0.792. The molecule has 1 aliphatic heterocycles. The smallest absolute Gasteiger partial charge is 0.0746 e. The minimum absolute atomic E-state index is 0.0873. The van der Waals surface area contributed by atoms with E-state index in [0.717, 1.165) is 38.6 Å². The second-order valence-electron chi connectivity index (χ2n) is 11.0. The van der Waals surface area contributed by atoms with E-state index in [0.29, 0.717) is 41.2 Å². The molecule has 0 aromatic rings. The third-order valence-corrected chi connectivity index (χ3v) is 10.6. The highest BCUT2D eigenvalue weighted by Crippen LogP contribution is 2.78. The number of aliphatic hydroxyl groups is 2. The molecule has 11 atom stereocenters. The van der Waals surface area contributed by atoms with Gasteiger partial charge in [-0.3, -0.25) is 4.90 Å². The van der Waals surface area contributed by atoms with Crippen LogP contribution in [-0.2, 0) is 4.74 Å². The van der Waals surface area contributed by atoms with Gasteiger partial charge in [0.2, 0.25) is 0 Å². The van der Waals surface area contributed by atoms with E-state index in [9.17, 15) is 10.2 Å². The van der Waals surface area contributed by atoms with Gasteiger partial charge in [-0.25, -0.2) is 0 Å². The Kier molecular flexibility index (Phi) is 3.14. The van der Waals surface area contributed by atoms with Crippen LogP contribution < -0.4 is 0 Å². The van der Waals surface area contributed by atoms with Crippen LogP contribution in [0, 0.1) is 40.4 Å². The van der Waals surface area contributed by atoms with Gasteiger partial charge in [0.25, 0.3) is 0 Å². The first kappa shape index (κ1) is 16.8. The van der Waals surface area contributed by atoms with Crippen molar-refractivity contribution in [3.63, 3.8) is 0 Å². The lowest BCUT2D eigenvalue weighted by atomic mass is 9.43. The Labute approximate surface area is 157 Å². The highest BCUT2D eigenvalue weighted by molar-refractivity contribution is 5.32. The van der Waals surface area contributed by atoms with Crippen LogP contribution in [0.1, 0.15) is 52.4 Å². The van der Waals surface area contributed by atoms with E-state index in [-0.39, 0.29) is 17.4 Å². The molecule has 6 rings (SSSR count). The summed E-state index contributed by atoms with van der Waals surface area (Å²) in [7, 11) is 1.92. The van der Waals surface area contributed by atoms with E-state index in [1.807, 2.05) is 7.11 Å². The summed E-state index contributed by atoms with van der Waals surface area (Å²) < 4.78 is 6.25. The van der Waals surface area contributed by atoms with Crippen LogP contribution in [0.3, 0.4) is 0 Å². The number of ether oxygens (including phenoxy) is 1. The summed E-state index contributed by atoms with van der Waals surface area (Å²) >= 11 is 0. The number of fused-ring (bicyclic) bond motifs is 2. The van der Waals surface area contributed by atoms with Crippen molar-refractivity contribution in [3.8, 4) is 0 Å². The first-order chi connectivity index (χ1) is 12.4. The molecule has 0 unspecified atom stereocenters. The maximum absolute atomic E-state index is 12.0. The number of methoxy groups -OCH3 is 1. The minimum atomic E-state index is -0.651. The van der Waals surface area contributed by atoms with Crippen molar-refractivity contribution < 1.29 is 14.9 Å². The molecule has 0 amide bonds. The lowest BCUT2D eigenvalue weighted by Gasteiger charge is -2.69. The van der Waals surface area contributed by atoms with Crippen LogP contribution in [0.4, 0.5) is 0 Å². The topological polar surface area (TPSA) is 52.9 Å². The Balaban J connectivity index is 1.62. The van der Waals surface area contributed by atoms with Gasteiger partial charge in [-0.15, -0.1) is 0 Å². The zero-order chi connectivity index (χ0) is 18.1. The monoisotopic (exact) mass is 361 g/mol. The zero-order valence-electron chi connectivity index (χ0n) is 16.5. The van der Waals surface area contributed by atoms with E-state index >= 15 is 0 Å². The summed E-state index contributed by atoms with van der Waals surface area (Å²) in [5, 5.41) is 23.2. The molecule has 5 aliphatic carbocycles. The summed E-state index contributed by atoms with van der Waals surface area (Å²) in [6.07, 6.45) is 6.59. The van der Waals surface area contributed by atoms with Crippen LogP contribution in [-0.4, -0.2) is 59.2 Å². The standard InChI is InChI=1S/C22H35NO3/c1-4-23-11-20(2)7-6-16(26-3)22-13-9-12-5-8-21(25,17(13)18(12)24)14(19(22)23)10-15(20)22/h12-19,24-25H,4-11H2,1-3H3/t12-,13+,14-,15+,16-,17+,18-,19-,20-,21-,22+/m0/s1. The molecule has 5 saturated carbocycles. The Hall–Kier alpha value is -0.160. The summed E-state index contributed by atoms with van der Waals surface area (Å²) in [4.78, 5) is 2.73. The van der Waals surface area contributed by atoms with Gasteiger partial charge in [-0.05, 0) is 68.2 Å². The molecule has 4 nitrogen and oxygen atoms in total. The second-order valence-corrected chi connectivity index (χ2v) is 11.0. The Morgan fingerprint density at radius 2 is 1.96 bits per heavy atom. The van der Waals surface area contributed by atoms with Gasteiger partial charge < -0.3 is 14.9 Å². The Morgan fingerprint density at radius 1 is 1.15 bits per heavy atom. The number of hydrogen-bond acceptors (Lipinski definition) is 4. The maximum atomic E-state index is 12.0. The first-order valence-corrected chi connectivity index (χ1v) is 11.1. The highest BCUT2D eigenvalue weighted by Gasteiger charge is 2.82. The number of piperidine rings is 1. The van der Waals surface area contributed by atoms with Crippen molar-refractivity contribution in [2.75, 3.05) is 20.2 Å². The molecule has 6 aliphatic rings. The van der Waals surface area contributed by atoms with E-state index in [2.05, 4.69) is 18.7 Å². The van der Waals surface area contributed by atoms with Gasteiger partial charge in [-0.1, -0.05) is 13.8 Å². The molecule has 6 fully saturated rings. The minimum Gasteiger partial charge on any atom is -0.392 e. The lowest BCUT2D eigenvalue weighted by Crippen LogP contribution is -2.75. The third kappa shape index (κ3) is 1.51. The van der Waals surface area contributed by atoms with Crippen LogP contribution in [0.5, 0.6) is 0 Å². The van der Waals surface area contributed by atoms with E-state index in [4.69, 9.17) is 4.74 Å². The Morgan fingerprint density at radius 3 is 2.69 bits per heavy atom. The molecule has 1 saturated heterocycles. The first-order valence-electron chi connectivity index (χ1n) is 11.1. The molecule has 2 N–H and O–H groups in total. The van der Waals surface area contributed by atoms with Gasteiger partial charge in [0.15, 0.2) is 0 Å². The van der Waals surface area contributed by atoms with Crippen LogP contribution in [0.15, 0.2) is 0 Å². The Bertz CT molecular complexity index is 641. The molecular formula is C22H35NO3. The van der Waals surface area contributed by atoms with Crippen molar-refractivity contribution >= 4 is 0 Å². The van der Waals surface area contributed by atoms with Crippen molar-refractivity contribution in [1.29, 1.82) is 0 Å². The van der Waals surface area contributed by atoms with Gasteiger partial charge in [-0.2, -0.15) is 0 Å². The molecular weight excluding hydrogens is 326 g/mol. The SMILES string of the molecule is CCN1C[C@]2(C)CC[C@H](OC)[C@@]34[C@@H]5C[C@@H]6CC[C@@](O)([C@H]5[C@H]6O)[C@@H](C[C@H]23)[C@H]14. The van der Waals surface area contributed by atoms with Crippen molar-refractivity contribution in [2.45, 2.75) is 76.2 Å². The molecule has 4 heteroatoms. The summed E-state index contributed by atoms with van der Waals surface area (Å²) in [5.74, 6) is 1.89. The number of likely N-dealkylation sites (tertiary alicyclic amines) is 1. The van der Waals surface area contributed by atoms with Gasteiger partial charge >= 0.3 is 0 Å². The molecule has 7 bridgehead atoms. The fraction of sp³-hybridized carbons (Fsp3) is 1.00. The van der Waals surface area contributed by atoms with Crippen molar-refractivity contribution in [2.24, 2.45) is 40.4 Å². The van der Waals surface area contributed by atoms with Gasteiger partial charge in [0.1, 0.15) is 0 Å². The average Bonchev–Trinajstić information content (AvgIpc) is 3.02. The number of aliphatic hydroxyl groups excluding tert-OH is 1. The molecule has 1 heterocycles.